The van der Waals surface area contributed by atoms with E-state index in [1.807, 2.05) is 0 Å². The van der Waals surface area contributed by atoms with Crippen LogP contribution in [0.15, 0.2) is 0 Å². The lowest BCUT2D eigenvalue weighted by molar-refractivity contribution is -0.519. The Labute approximate surface area is 260 Å². The van der Waals surface area contributed by atoms with Crippen LogP contribution in [-0.2, 0) is 0 Å². The van der Waals surface area contributed by atoms with Crippen molar-refractivity contribution in [2.24, 2.45) is 0 Å². The molecule has 2 heteroatoms. The molecule has 1 N–H and O–H groups in total. The molecule has 0 bridgehead atoms. The van der Waals surface area contributed by atoms with Crippen molar-refractivity contribution >= 4 is 5.84 Å². The molecule has 244 valence electrons. The van der Waals surface area contributed by atoms with E-state index in [0.29, 0.717) is 0 Å². The highest BCUT2D eigenvalue weighted by Gasteiger charge is 2.19. The average molecular weight is 576 g/mol. The molecule has 0 aromatic heterocycles. The van der Waals surface area contributed by atoms with Gasteiger partial charge >= 0.3 is 0 Å². The second-order valence-corrected chi connectivity index (χ2v) is 13.7. The Morgan fingerprint density at radius 2 is 0.683 bits per heavy atom. The smallest absolute Gasteiger partial charge is 0.244 e. The number of unbranched alkanes of at least 4 members (excludes halogenated alkanes) is 30. The van der Waals surface area contributed by atoms with Gasteiger partial charge in [0.1, 0.15) is 13.1 Å². The highest BCUT2D eigenvalue weighted by atomic mass is 15.2. The molecule has 0 unspecified atom stereocenters. The van der Waals surface area contributed by atoms with Crippen molar-refractivity contribution in [2.75, 3.05) is 19.6 Å². The van der Waals surface area contributed by atoms with Gasteiger partial charge in [0.25, 0.3) is 0 Å². The average Bonchev–Trinajstić information content (AvgIpc) is 3.43. The van der Waals surface area contributed by atoms with Gasteiger partial charge in [-0.05, 0) is 19.3 Å². The zero-order valence-corrected chi connectivity index (χ0v) is 28.9. The molecule has 2 nitrogen and oxygen atoms in total. The molecular formula is C39H79N2+. The highest BCUT2D eigenvalue weighted by molar-refractivity contribution is 5.78. The maximum Gasteiger partial charge on any atom is 0.244 e. The standard InChI is InChI=1S/C39H78N2/c1-3-5-7-9-11-13-15-17-19-21-23-25-27-29-31-33-35-39-40-36-38-41(39)37-34-32-30-28-26-24-22-20-18-16-14-12-10-8-6-4-2/h3-38H2,1-2H3/p+1. The van der Waals surface area contributed by atoms with E-state index >= 15 is 0 Å². The fourth-order valence-electron chi connectivity index (χ4n) is 6.77. The Morgan fingerprint density at radius 3 is 1.02 bits per heavy atom. The molecule has 0 spiro atoms. The lowest BCUT2D eigenvalue weighted by Gasteiger charge is -2.06. The van der Waals surface area contributed by atoms with Crippen LogP contribution in [0.1, 0.15) is 226 Å². The number of hydrogen-bond donors (Lipinski definition) is 1. The minimum Gasteiger partial charge on any atom is -0.274 e. The fourth-order valence-corrected chi connectivity index (χ4v) is 6.77. The van der Waals surface area contributed by atoms with Gasteiger partial charge in [-0.2, -0.15) is 0 Å². The van der Waals surface area contributed by atoms with Gasteiger partial charge in [-0.25, -0.2) is 0 Å². The largest absolute Gasteiger partial charge is 0.274 e. The fraction of sp³-hybridized carbons (Fsp3) is 0.974. The summed E-state index contributed by atoms with van der Waals surface area (Å²) in [6, 6.07) is 0. The monoisotopic (exact) mass is 576 g/mol. The second kappa shape index (κ2) is 32.4. The number of nitrogens with zero attached hydrogens (tertiary/aromatic N) is 1. The number of rotatable bonds is 34. The van der Waals surface area contributed by atoms with Gasteiger partial charge < -0.3 is 0 Å². The Morgan fingerprint density at radius 1 is 0.390 bits per heavy atom. The van der Waals surface area contributed by atoms with Crippen molar-refractivity contribution in [2.45, 2.75) is 226 Å². The van der Waals surface area contributed by atoms with Crippen LogP contribution in [0.2, 0.25) is 0 Å². The molecule has 0 atom stereocenters. The van der Waals surface area contributed by atoms with Crippen molar-refractivity contribution in [3.05, 3.63) is 0 Å². The third-order valence-corrected chi connectivity index (χ3v) is 9.64. The van der Waals surface area contributed by atoms with E-state index in [1.165, 1.54) is 232 Å². The minimum atomic E-state index is 1.17. The molecule has 0 saturated heterocycles. The van der Waals surface area contributed by atoms with Gasteiger partial charge in [0, 0.05) is 6.42 Å². The predicted octanol–water partition coefficient (Wildman–Crippen LogP) is 12.9. The molecule has 1 aliphatic heterocycles. The van der Waals surface area contributed by atoms with Crippen LogP contribution >= 0.6 is 0 Å². The molecule has 0 fully saturated rings. The molecule has 0 radical (unpaired) electrons. The van der Waals surface area contributed by atoms with Crippen LogP contribution in [0.5, 0.6) is 0 Å². The number of nitrogens with one attached hydrogen (secondary N) is 1. The highest BCUT2D eigenvalue weighted by Crippen LogP contribution is 2.16. The van der Waals surface area contributed by atoms with E-state index < -0.39 is 0 Å². The summed E-state index contributed by atoms with van der Waals surface area (Å²) in [5.74, 6) is 1.57. The van der Waals surface area contributed by atoms with Crippen molar-refractivity contribution < 1.29 is 4.58 Å². The van der Waals surface area contributed by atoms with E-state index in [9.17, 15) is 0 Å². The van der Waals surface area contributed by atoms with Crippen molar-refractivity contribution in [3.63, 3.8) is 0 Å². The van der Waals surface area contributed by atoms with Gasteiger partial charge in [0.05, 0.1) is 6.54 Å². The zero-order chi connectivity index (χ0) is 29.3. The lowest BCUT2D eigenvalue weighted by atomic mass is 10.0. The van der Waals surface area contributed by atoms with E-state index in [2.05, 4.69) is 23.7 Å². The molecule has 0 aliphatic carbocycles. The van der Waals surface area contributed by atoms with Crippen molar-refractivity contribution in [1.82, 2.24) is 5.32 Å². The predicted molar refractivity (Wildman–Crippen MR) is 187 cm³/mol. The summed E-state index contributed by atoms with van der Waals surface area (Å²) in [6.45, 7) is 8.32. The number of hydrogen-bond acceptors (Lipinski definition) is 1. The third-order valence-electron chi connectivity index (χ3n) is 9.64. The first-order valence-electron chi connectivity index (χ1n) is 19.7. The van der Waals surface area contributed by atoms with Crippen molar-refractivity contribution in [1.29, 1.82) is 0 Å². The molecular weight excluding hydrogens is 496 g/mol. The quantitative estimate of drug-likeness (QED) is 0.0595. The van der Waals surface area contributed by atoms with Crippen LogP contribution in [-0.4, -0.2) is 30.0 Å². The van der Waals surface area contributed by atoms with Gasteiger partial charge in [0.15, 0.2) is 0 Å². The lowest BCUT2D eigenvalue weighted by Crippen LogP contribution is -2.23. The van der Waals surface area contributed by atoms with Crippen LogP contribution in [0.3, 0.4) is 0 Å². The van der Waals surface area contributed by atoms with Gasteiger partial charge in [0.2, 0.25) is 5.84 Å². The minimum absolute atomic E-state index is 1.17. The molecule has 41 heavy (non-hydrogen) atoms. The molecule has 1 aliphatic rings. The zero-order valence-electron chi connectivity index (χ0n) is 28.9. The van der Waals surface area contributed by atoms with E-state index in [0.717, 1.165) is 0 Å². The summed E-state index contributed by atoms with van der Waals surface area (Å²) >= 11 is 0. The first-order valence-corrected chi connectivity index (χ1v) is 19.7. The summed E-state index contributed by atoms with van der Waals surface area (Å²) in [5.41, 5.74) is 0. The summed E-state index contributed by atoms with van der Waals surface area (Å²) in [7, 11) is 0. The SMILES string of the molecule is CCCCCCCCCCCCCCCCCCC1=[N+](CCCCCCCCCCCCCCCCCC)CCN1. The second-order valence-electron chi connectivity index (χ2n) is 13.7. The van der Waals surface area contributed by atoms with Gasteiger partial charge in [-0.15, -0.1) is 0 Å². The Hall–Kier alpha value is -0.530. The Kier molecular flexibility index (Phi) is 30.4. The Balaban J connectivity index is 1.82. The van der Waals surface area contributed by atoms with Crippen LogP contribution in [0, 0.1) is 0 Å². The molecule has 0 amide bonds. The summed E-state index contributed by atoms with van der Waals surface area (Å²) in [5, 5.41) is 3.71. The van der Waals surface area contributed by atoms with E-state index in [1.54, 1.807) is 5.84 Å². The third kappa shape index (κ3) is 26.8. The van der Waals surface area contributed by atoms with E-state index in [4.69, 9.17) is 0 Å². The maximum absolute atomic E-state index is 3.71. The van der Waals surface area contributed by atoms with Crippen LogP contribution < -0.4 is 5.32 Å². The maximum atomic E-state index is 3.71. The van der Waals surface area contributed by atoms with Gasteiger partial charge in [-0.1, -0.05) is 200 Å². The van der Waals surface area contributed by atoms with Gasteiger partial charge in [-0.3, -0.25) is 9.89 Å². The summed E-state index contributed by atoms with van der Waals surface area (Å²) < 4.78 is 2.68. The van der Waals surface area contributed by atoms with Crippen molar-refractivity contribution in [3.8, 4) is 0 Å². The molecule has 1 heterocycles. The van der Waals surface area contributed by atoms with Crippen LogP contribution in [0.25, 0.3) is 0 Å². The summed E-state index contributed by atoms with van der Waals surface area (Å²) in [4.78, 5) is 0. The van der Waals surface area contributed by atoms with Crippen LogP contribution in [0.4, 0.5) is 0 Å². The first kappa shape index (κ1) is 38.5. The molecule has 0 aromatic carbocycles. The first-order chi connectivity index (χ1) is 20.4. The summed E-state index contributed by atoms with van der Waals surface area (Å²) in [6.07, 6.45) is 47.9. The topological polar surface area (TPSA) is 15.0 Å². The normalized spacial score (nSPS) is 13.4. The number of amidine groups is 1. The molecule has 0 aromatic rings. The molecule has 1 rings (SSSR count). The molecule has 0 saturated carbocycles. The van der Waals surface area contributed by atoms with E-state index in [-0.39, 0.29) is 0 Å². The Bertz CT molecular complexity index is 494.